The van der Waals surface area contributed by atoms with E-state index in [4.69, 9.17) is 4.74 Å². The van der Waals surface area contributed by atoms with Gasteiger partial charge in [-0.15, -0.1) is 6.58 Å². The first-order valence-corrected chi connectivity index (χ1v) is 6.21. The molecule has 0 spiro atoms. The minimum Gasteiger partial charge on any atom is -0.480 e. The van der Waals surface area contributed by atoms with Crippen LogP contribution in [0.2, 0.25) is 0 Å². The summed E-state index contributed by atoms with van der Waals surface area (Å²) in [7, 11) is 0. The van der Waals surface area contributed by atoms with Crippen LogP contribution in [-0.4, -0.2) is 18.6 Å². The zero-order valence-corrected chi connectivity index (χ0v) is 11.3. The molecule has 1 aromatic carbocycles. The Labute approximate surface area is 109 Å². The molecule has 18 heavy (non-hydrogen) atoms. The molecule has 1 atom stereocenters. The lowest BCUT2D eigenvalue weighted by Gasteiger charge is -2.18. The van der Waals surface area contributed by atoms with Gasteiger partial charge in [0.2, 0.25) is 0 Å². The first kappa shape index (κ1) is 14.3. The van der Waals surface area contributed by atoms with E-state index in [1.54, 1.807) is 6.08 Å². The van der Waals surface area contributed by atoms with Crippen molar-refractivity contribution in [2.75, 3.05) is 6.54 Å². The molecule has 3 nitrogen and oxygen atoms in total. The van der Waals surface area contributed by atoms with Crippen LogP contribution in [-0.2, 0) is 4.79 Å². The SMILES string of the molecule is C=CCNC(=O)[C@@H](CC)Oc1cccc(C)c1C. The van der Waals surface area contributed by atoms with Crippen LogP contribution in [0.5, 0.6) is 5.75 Å². The maximum Gasteiger partial charge on any atom is 0.261 e. The van der Waals surface area contributed by atoms with Gasteiger partial charge in [-0.1, -0.05) is 25.1 Å². The lowest BCUT2D eigenvalue weighted by atomic mass is 10.1. The Bertz CT molecular complexity index is 427. The fraction of sp³-hybridized carbons (Fsp3) is 0.400. The van der Waals surface area contributed by atoms with Gasteiger partial charge in [0.25, 0.3) is 5.91 Å². The average Bonchev–Trinajstić information content (AvgIpc) is 2.37. The molecule has 0 aliphatic carbocycles. The largest absolute Gasteiger partial charge is 0.480 e. The van der Waals surface area contributed by atoms with Crippen LogP contribution < -0.4 is 10.1 Å². The molecule has 0 bridgehead atoms. The highest BCUT2D eigenvalue weighted by atomic mass is 16.5. The molecule has 0 heterocycles. The zero-order chi connectivity index (χ0) is 13.5. The molecule has 0 aliphatic heterocycles. The van der Waals surface area contributed by atoms with Crippen LogP contribution in [0.15, 0.2) is 30.9 Å². The molecule has 1 aromatic rings. The number of aryl methyl sites for hydroxylation is 1. The summed E-state index contributed by atoms with van der Waals surface area (Å²) in [4.78, 5) is 11.8. The lowest BCUT2D eigenvalue weighted by molar-refractivity contribution is -0.127. The number of hydrogen-bond donors (Lipinski definition) is 1. The van der Waals surface area contributed by atoms with Crippen LogP contribution in [0.3, 0.4) is 0 Å². The van der Waals surface area contributed by atoms with Crippen LogP contribution >= 0.6 is 0 Å². The van der Waals surface area contributed by atoms with E-state index in [1.165, 1.54) is 0 Å². The van der Waals surface area contributed by atoms with E-state index in [2.05, 4.69) is 11.9 Å². The van der Waals surface area contributed by atoms with Gasteiger partial charge in [-0.25, -0.2) is 0 Å². The van der Waals surface area contributed by atoms with Crippen LogP contribution in [0.4, 0.5) is 0 Å². The smallest absolute Gasteiger partial charge is 0.261 e. The Morgan fingerprint density at radius 1 is 1.50 bits per heavy atom. The number of ether oxygens (including phenoxy) is 1. The molecule has 1 amide bonds. The molecule has 98 valence electrons. The number of carbonyl (C=O) groups excluding carboxylic acids is 1. The third-order valence-electron chi connectivity index (χ3n) is 2.91. The van der Waals surface area contributed by atoms with Crippen LogP contribution in [0, 0.1) is 13.8 Å². The Balaban J connectivity index is 2.76. The Hall–Kier alpha value is -1.77. The van der Waals surface area contributed by atoms with Crippen LogP contribution in [0.1, 0.15) is 24.5 Å². The summed E-state index contributed by atoms with van der Waals surface area (Å²) in [5.41, 5.74) is 2.24. The highest BCUT2D eigenvalue weighted by Gasteiger charge is 2.18. The van der Waals surface area contributed by atoms with Crippen molar-refractivity contribution in [1.29, 1.82) is 0 Å². The fourth-order valence-corrected chi connectivity index (χ4v) is 1.61. The van der Waals surface area contributed by atoms with Gasteiger partial charge in [-0.2, -0.15) is 0 Å². The van der Waals surface area contributed by atoms with Crippen molar-refractivity contribution in [3.8, 4) is 5.75 Å². The van der Waals surface area contributed by atoms with Gasteiger partial charge in [0.05, 0.1) is 0 Å². The van der Waals surface area contributed by atoms with E-state index in [0.29, 0.717) is 13.0 Å². The maximum atomic E-state index is 11.8. The van der Waals surface area contributed by atoms with Gasteiger partial charge in [0, 0.05) is 6.54 Å². The predicted octanol–water partition coefficient (Wildman–Crippen LogP) is 2.76. The molecule has 0 unspecified atom stereocenters. The van der Waals surface area contributed by atoms with Crippen molar-refractivity contribution in [1.82, 2.24) is 5.32 Å². The van der Waals surface area contributed by atoms with Crippen molar-refractivity contribution in [3.05, 3.63) is 42.0 Å². The Kier molecular flexibility index (Phi) is 5.43. The van der Waals surface area contributed by atoms with Gasteiger partial charge < -0.3 is 10.1 Å². The molecule has 0 saturated heterocycles. The number of rotatable bonds is 6. The first-order valence-electron chi connectivity index (χ1n) is 6.21. The third kappa shape index (κ3) is 3.62. The minimum atomic E-state index is -0.453. The van der Waals surface area contributed by atoms with Crippen molar-refractivity contribution in [2.45, 2.75) is 33.3 Å². The van der Waals surface area contributed by atoms with E-state index < -0.39 is 6.10 Å². The molecule has 0 radical (unpaired) electrons. The summed E-state index contributed by atoms with van der Waals surface area (Å²) in [6, 6.07) is 5.86. The van der Waals surface area contributed by atoms with Crippen molar-refractivity contribution in [2.24, 2.45) is 0 Å². The predicted molar refractivity (Wildman–Crippen MR) is 73.8 cm³/mol. The van der Waals surface area contributed by atoms with Gasteiger partial charge in [0.15, 0.2) is 6.10 Å². The zero-order valence-electron chi connectivity index (χ0n) is 11.3. The second kappa shape index (κ2) is 6.84. The Morgan fingerprint density at radius 2 is 2.22 bits per heavy atom. The number of carbonyl (C=O) groups is 1. The minimum absolute atomic E-state index is 0.0988. The second-order valence-corrected chi connectivity index (χ2v) is 4.25. The van der Waals surface area contributed by atoms with Gasteiger partial charge in [-0.3, -0.25) is 4.79 Å². The normalized spacial score (nSPS) is 11.7. The molecular formula is C15H21NO2. The molecule has 1 rings (SSSR count). The lowest BCUT2D eigenvalue weighted by Crippen LogP contribution is -2.38. The highest BCUT2D eigenvalue weighted by Crippen LogP contribution is 2.22. The van der Waals surface area contributed by atoms with Crippen LogP contribution in [0.25, 0.3) is 0 Å². The summed E-state index contributed by atoms with van der Waals surface area (Å²) >= 11 is 0. The number of benzene rings is 1. The van der Waals surface area contributed by atoms with Crippen molar-refractivity contribution >= 4 is 5.91 Å². The summed E-state index contributed by atoms with van der Waals surface area (Å²) < 4.78 is 5.79. The average molecular weight is 247 g/mol. The summed E-state index contributed by atoms with van der Waals surface area (Å²) in [6.07, 6.45) is 1.84. The number of amides is 1. The summed E-state index contributed by atoms with van der Waals surface area (Å²) in [5.74, 6) is 0.675. The summed E-state index contributed by atoms with van der Waals surface area (Å²) in [6.45, 7) is 10.00. The summed E-state index contributed by atoms with van der Waals surface area (Å²) in [5, 5.41) is 2.76. The van der Waals surface area contributed by atoms with E-state index >= 15 is 0 Å². The topological polar surface area (TPSA) is 38.3 Å². The maximum absolute atomic E-state index is 11.8. The number of hydrogen-bond acceptors (Lipinski definition) is 2. The molecule has 0 fully saturated rings. The van der Waals surface area contributed by atoms with E-state index in [1.807, 2.05) is 39.0 Å². The fourth-order valence-electron chi connectivity index (χ4n) is 1.61. The number of nitrogens with one attached hydrogen (secondary N) is 1. The van der Waals surface area contributed by atoms with E-state index in [9.17, 15) is 4.79 Å². The standard InChI is InChI=1S/C15H21NO2/c1-5-10-16-15(17)13(6-2)18-14-9-7-8-11(3)12(14)4/h5,7-9,13H,1,6,10H2,2-4H3,(H,16,17)/t13-/m1/s1. The molecule has 3 heteroatoms. The molecule has 0 aliphatic rings. The van der Waals surface area contributed by atoms with Crippen molar-refractivity contribution < 1.29 is 9.53 Å². The molecule has 0 aromatic heterocycles. The van der Waals surface area contributed by atoms with E-state index in [0.717, 1.165) is 16.9 Å². The van der Waals surface area contributed by atoms with Gasteiger partial charge in [-0.05, 0) is 37.5 Å². The quantitative estimate of drug-likeness (QED) is 0.785. The van der Waals surface area contributed by atoms with Gasteiger partial charge >= 0.3 is 0 Å². The monoisotopic (exact) mass is 247 g/mol. The van der Waals surface area contributed by atoms with E-state index in [-0.39, 0.29) is 5.91 Å². The second-order valence-electron chi connectivity index (χ2n) is 4.25. The molecule has 1 N–H and O–H groups in total. The van der Waals surface area contributed by atoms with Gasteiger partial charge in [0.1, 0.15) is 5.75 Å². The third-order valence-corrected chi connectivity index (χ3v) is 2.91. The van der Waals surface area contributed by atoms with Crippen molar-refractivity contribution in [3.63, 3.8) is 0 Å². The highest BCUT2D eigenvalue weighted by molar-refractivity contribution is 5.81. The molecule has 0 saturated carbocycles. The first-order chi connectivity index (χ1) is 8.60. The molecular weight excluding hydrogens is 226 g/mol. The Morgan fingerprint density at radius 3 is 2.83 bits per heavy atom.